The van der Waals surface area contributed by atoms with Crippen LogP contribution >= 0.6 is 0 Å². The predicted molar refractivity (Wildman–Crippen MR) is 116 cm³/mol. The topological polar surface area (TPSA) is 84.2 Å². The van der Waals surface area contributed by atoms with Gasteiger partial charge in [-0.2, -0.15) is 0 Å². The van der Waals surface area contributed by atoms with Gasteiger partial charge < -0.3 is 24.3 Å². The lowest BCUT2D eigenvalue weighted by atomic mass is 9.66. The number of methoxy groups -OCH3 is 2. The maximum absolute atomic E-state index is 12.8. The molecular weight excluding hydrogens is 396 g/mol. The summed E-state index contributed by atoms with van der Waals surface area (Å²) in [4.78, 5) is 15.0. The number of carbonyl (C=O) groups excluding carboxylic acids is 1. The van der Waals surface area contributed by atoms with Crippen LogP contribution < -0.4 is 14.8 Å². The molecule has 1 aromatic heterocycles. The summed E-state index contributed by atoms with van der Waals surface area (Å²) in [6.45, 7) is 1.28. The van der Waals surface area contributed by atoms with Gasteiger partial charge in [0.1, 0.15) is 17.3 Å². The lowest BCUT2D eigenvalue weighted by Gasteiger charge is -2.52. The molecule has 2 heterocycles. The van der Waals surface area contributed by atoms with Crippen molar-refractivity contribution in [3.63, 3.8) is 0 Å². The second-order valence-electron chi connectivity index (χ2n) is 8.59. The Morgan fingerprint density at radius 3 is 2.87 bits per heavy atom. The highest BCUT2D eigenvalue weighted by Gasteiger charge is 2.49. The largest absolute Gasteiger partial charge is 0.497 e. The van der Waals surface area contributed by atoms with Gasteiger partial charge in [0.05, 0.1) is 39.2 Å². The minimum Gasteiger partial charge on any atom is -0.497 e. The lowest BCUT2D eigenvalue weighted by Crippen LogP contribution is -2.56. The monoisotopic (exact) mass is 428 g/mol. The van der Waals surface area contributed by atoms with Gasteiger partial charge in [-0.1, -0.05) is 18.9 Å². The Kier molecular flexibility index (Phi) is 6.53. The van der Waals surface area contributed by atoms with Crippen molar-refractivity contribution in [2.24, 2.45) is 5.92 Å². The zero-order chi connectivity index (χ0) is 21.8. The van der Waals surface area contributed by atoms with E-state index in [1.807, 2.05) is 30.3 Å². The first-order valence-corrected chi connectivity index (χ1v) is 11.0. The second-order valence-corrected chi connectivity index (χ2v) is 8.59. The number of benzene rings is 1. The fraction of sp³-hybridized carbons (Fsp3) is 0.542. The van der Waals surface area contributed by atoms with Crippen molar-refractivity contribution in [1.29, 1.82) is 0 Å². The van der Waals surface area contributed by atoms with Gasteiger partial charge in [-0.05, 0) is 37.5 Å². The van der Waals surface area contributed by atoms with Crippen LogP contribution in [0.5, 0.6) is 11.5 Å². The normalized spacial score (nSPS) is 26.2. The molecule has 2 aromatic rings. The van der Waals surface area contributed by atoms with Crippen LogP contribution in [0.3, 0.4) is 0 Å². The molecule has 31 heavy (non-hydrogen) atoms. The summed E-state index contributed by atoms with van der Waals surface area (Å²) >= 11 is 0. The van der Waals surface area contributed by atoms with E-state index in [0.29, 0.717) is 19.5 Å². The summed E-state index contributed by atoms with van der Waals surface area (Å²) in [5.74, 6) is 2.16. The van der Waals surface area contributed by atoms with Crippen LogP contribution in [0.1, 0.15) is 49.5 Å². The van der Waals surface area contributed by atoms with Crippen LogP contribution in [0.2, 0.25) is 0 Å². The standard InChI is InChI=1S/C24H32N2O5/c1-29-17-8-9-19(21(14-17)30-2)23-20-7-3-4-10-24(20,28)11-12-26(23)16-22(27)25-15-18-6-5-13-31-18/h5-6,8-9,13-14,20,23,28H,3-4,7,10-12,15-16H2,1-2H3,(H,25,27)/t20-,23-,24-/m0/s1. The number of furan rings is 1. The number of fused-ring (bicyclic) bond motifs is 1. The molecule has 4 rings (SSSR count). The Labute approximate surface area is 183 Å². The van der Waals surface area contributed by atoms with Crippen LogP contribution in [0.15, 0.2) is 41.0 Å². The maximum Gasteiger partial charge on any atom is 0.234 e. The summed E-state index contributed by atoms with van der Waals surface area (Å²) in [7, 11) is 3.28. The summed E-state index contributed by atoms with van der Waals surface area (Å²) in [5, 5.41) is 14.4. The Morgan fingerprint density at radius 1 is 1.26 bits per heavy atom. The first kappa shape index (κ1) is 21.7. The molecule has 1 amide bonds. The molecule has 7 nitrogen and oxygen atoms in total. The van der Waals surface area contributed by atoms with Gasteiger partial charge in [0.2, 0.25) is 5.91 Å². The second kappa shape index (κ2) is 9.32. The molecule has 168 valence electrons. The summed E-state index contributed by atoms with van der Waals surface area (Å²) < 4.78 is 16.4. The summed E-state index contributed by atoms with van der Waals surface area (Å²) in [6.07, 6.45) is 6.15. The maximum atomic E-state index is 12.8. The number of nitrogens with one attached hydrogen (secondary N) is 1. The number of nitrogens with zero attached hydrogens (tertiary/aromatic N) is 1. The average molecular weight is 429 g/mol. The Morgan fingerprint density at radius 2 is 2.13 bits per heavy atom. The van der Waals surface area contributed by atoms with E-state index in [9.17, 15) is 9.90 Å². The van der Waals surface area contributed by atoms with Crippen LogP contribution in [0, 0.1) is 5.92 Å². The first-order valence-electron chi connectivity index (χ1n) is 11.0. The van der Waals surface area contributed by atoms with Crippen molar-refractivity contribution in [1.82, 2.24) is 10.2 Å². The molecular formula is C24H32N2O5. The number of hydrogen-bond donors (Lipinski definition) is 2. The van der Waals surface area contributed by atoms with Crippen LogP contribution in [0.25, 0.3) is 0 Å². The highest BCUT2D eigenvalue weighted by Crippen LogP contribution is 2.51. The molecule has 2 fully saturated rings. The van der Waals surface area contributed by atoms with Crippen molar-refractivity contribution in [3.05, 3.63) is 47.9 Å². The molecule has 1 saturated heterocycles. The van der Waals surface area contributed by atoms with Gasteiger partial charge in [0.25, 0.3) is 0 Å². The smallest absolute Gasteiger partial charge is 0.234 e. The van der Waals surface area contributed by atoms with Gasteiger partial charge in [0.15, 0.2) is 0 Å². The number of likely N-dealkylation sites (tertiary alicyclic amines) is 1. The van der Waals surface area contributed by atoms with Crippen molar-refractivity contribution >= 4 is 5.91 Å². The number of piperidine rings is 1. The number of ether oxygens (including phenoxy) is 2. The number of rotatable bonds is 7. The van der Waals surface area contributed by atoms with Crippen molar-refractivity contribution < 1.29 is 23.8 Å². The van der Waals surface area contributed by atoms with Crippen molar-refractivity contribution in [3.8, 4) is 11.5 Å². The molecule has 7 heteroatoms. The fourth-order valence-corrected chi connectivity index (χ4v) is 5.24. The van der Waals surface area contributed by atoms with E-state index >= 15 is 0 Å². The predicted octanol–water partition coefficient (Wildman–Crippen LogP) is 3.28. The van der Waals surface area contributed by atoms with Gasteiger partial charge in [-0.3, -0.25) is 9.69 Å². The SMILES string of the molecule is COc1ccc([C@H]2[C@@H]3CCCC[C@]3(O)CCN2CC(=O)NCc2ccco2)c(OC)c1. The molecule has 1 aliphatic carbocycles. The van der Waals surface area contributed by atoms with Gasteiger partial charge in [-0.15, -0.1) is 0 Å². The van der Waals surface area contributed by atoms with E-state index in [-0.39, 0.29) is 24.4 Å². The third-order valence-corrected chi connectivity index (χ3v) is 6.82. The van der Waals surface area contributed by atoms with Crippen molar-refractivity contribution in [2.75, 3.05) is 27.3 Å². The molecule has 2 aliphatic rings. The fourth-order valence-electron chi connectivity index (χ4n) is 5.24. The molecule has 0 bridgehead atoms. The van der Waals surface area contributed by atoms with Crippen LogP contribution in [0.4, 0.5) is 0 Å². The molecule has 1 aromatic carbocycles. The van der Waals surface area contributed by atoms with Gasteiger partial charge in [-0.25, -0.2) is 0 Å². The van der Waals surface area contributed by atoms with E-state index in [1.165, 1.54) is 0 Å². The van der Waals surface area contributed by atoms with E-state index in [0.717, 1.165) is 48.5 Å². The minimum absolute atomic E-state index is 0.0511. The zero-order valence-electron chi connectivity index (χ0n) is 18.3. The number of carbonyl (C=O) groups is 1. The van der Waals surface area contributed by atoms with E-state index < -0.39 is 5.60 Å². The highest BCUT2D eigenvalue weighted by atomic mass is 16.5. The lowest BCUT2D eigenvalue weighted by molar-refractivity contribution is -0.138. The zero-order valence-corrected chi connectivity index (χ0v) is 18.3. The summed E-state index contributed by atoms with van der Waals surface area (Å²) in [6, 6.07) is 9.35. The summed E-state index contributed by atoms with van der Waals surface area (Å²) in [5.41, 5.74) is 0.293. The molecule has 3 atom stereocenters. The Balaban J connectivity index is 1.60. The van der Waals surface area contributed by atoms with Gasteiger partial charge >= 0.3 is 0 Å². The Bertz CT molecular complexity index is 884. The van der Waals surface area contributed by atoms with E-state index in [1.54, 1.807) is 20.5 Å². The third kappa shape index (κ3) is 4.57. The molecule has 0 spiro atoms. The first-order chi connectivity index (χ1) is 15.0. The molecule has 1 aliphatic heterocycles. The van der Waals surface area contributed by atoms with Crippen molar-refractivity contribution in [2.45, 2.75) is 50.3 Å². The van der Waals surface area contributed by atoms with Crippen LogP contribution in [-0.4, -0.2) is 48.8 Å². The quantitative estimate of drug-likeness (QED) is 0.704. The van der Waals surface area contributed by atoms with E-state index in [4.69, 9.17) is 13.9 Å². The number of aliphatic hydroxyl groups is 1. The van der Waals surface area contributed by atoms with Gasteiger partial charge in [0, 0.05) is 30.1 Å². The van der Waals surface area contributed by atoms with E-state index in [2.05, 4.69) is 10.2 Å². The third-order valence-electron chi connectivity index (χ3n) is 6.82. The number of hydrogen-bond acceptors (Lipinski definition) is 6. The van der Waals surface area contributed by atoms with Crippen LogP contribution in [-0.2, 0) is 11.3 Å². The Hall–Kier alpha value is -2.51. The minimum atomic E-state index is -0.699. The average Bonchev–Trinajstić information content (AvgIpc) is 3.31. The molecule has 2 N–H and O–H groups in total. The molecule has 0 unspecified atom stereocenters. The molecule has 0 radical (unpaired) electrons. The molecule has 1 saturated carbocycles. The highest BCUT2D eigenvalue weighted by molar-refractivity contribution is 5.78. The number of amides is 1.